The molecule has 0 bridgehead atoms. The van der Waals surface area contributed by atoms with Crippen LogP contribution in [0.4, 0.5) is 0 Å². The maximum Gasteiger partial charge on any atom is 0.337 e. The van der Waals surface area contributed by atoms with Gasteiger partial charge >= 0.3 is 5.97 Å². The van der Waals surface area contributed by atoms with Crippen molar-refractivity contribution in [2.75, 3.05) is 7.11 Å². The summed E-state index contributed by atoms with van der Waals surface area (Å²) in [5.74, 6) is -0.312. The van der Waals surface area contributed by atoms with Gasteiger partial charge < -0.3 is 4.74 Å². The monoisotopic (exact) mass is 260 g/mol. The van der Waals surface area contributed by atoms with Gasteiger partial charge in [0.15, 0.2) is 0 Å². The number of methoxy groups -OCH3 is 1. The van der Waals surface area contributed by atoms with E-state index in [4.69, 9.17) is 11.6 Å². The molecular formula is C15H13ClO2. The van der Waals surface area contributed by atoms with E-state index in [1.165, 1.54) is 12.7 Å². The normalized spacial score (nSPS) is 10.1. The zero-order valence-electron chi connectivity index (χ0n) is 10.0. The molecule has 0 fully saturated rings. The van der Waals surface area contributed by atoms with Crippen LogP contribution >= 0.6 is 11.6 Å². The van der Waals surface area contributed by atoms with E-state index in [9.17, 15) is 4.79 Å². The lowest BCUT2D eigenvalue weighted by molar-refractivity contribution is 0.0600. The molecule has 0 saturated heterocycles. The zero-order chi connectivity index (χ0) is 13.0. The SMILES string of the molecule is COC(=O)c1ccc(Cc2ccc(Cl)cc2)cc1. The highest BCUT2D eigenvalue weighted by molar-refractivity contribution is 6.30. The molecule has 3 heteroatoms. The molecule has 2 rings (SSSR count). The summed E-state index contributed by atoms with van der Waals surface area (Å²) >= 11 is 5.83. The smallest absolute Gasteiger partial charge is 0.337 e. The van der Waals surface area contributed by atoms with Crippen molar-refractivity contribution in [3.63, 3.8) is 0 Å². The topological polar surface area (TPSA) is 26.3 Å². The molecule has 0 aromatic heterocycles. The number of hydrogen-bond donors (Lipinski definition) is 0. The summed E-state index contributed by atoms with van der Waals surface area (Å²) in [4.78, 5) is 11.3. The molecule has 2 nitrogen and oxygen atoms in total. The molecule has 0 saturated carbocycles. The third kappa shape index (κ3) is 3.11. The van der Waals surface area contributed by atoms with Gasteiger partial charge in [0.25, 0.3) is 0 Å². The number of carbonyl (C=O) groups is 1. The molecule has 0 atom stereocenters. The second-order valence-corrected chi connectivity index (χ2v) is 4.43. The molecule has 0 aliphatic carbocycles. The molecule has 0 unspecified atom stereocenters. The lowest BCUT2D eigenvalue weighted by Crippen LogP contribution is -2.00. The largest absolute Gasteiger partial charge is 0.465 e. The van der Waals surface area contributed by atoms with E-state index in [-0.39, 0.29) is 5.97 Å². The summed E-state index contributed by atoms with van der Waals surface area (Å²) in [5.41, 5.74) is 2.90. The van der Waals surface area contributed by atoms with E-state index in [0.29, 0.717) is 5.56 Å². The van der Waals surface area contributed by atoms with Crippen molar-refractivity contribution in [2.24, 2.45) is 0 Å². The molecule has 0 aliphatic rings. The van der Waals surface area contributed by atoms with Crippen LogP contribution in [0, 0.1) is 0 Å². The van der Waals surface area contributed by atoms with E-state index in [1.807, 2.05) is 36.4 Å². The van der Waals surface area contributed by atoms with Crippen LogP contribution in [-0.2, 0) is 11.2 Å². The quantitative estimate of drug-likeness (QED) is 0.787. The van der Waals surface area contributed by atoms with Gasteiger partial charge in [-0.15, -0.1) is 0 Å². The molecule has 0 spiro atoms. The summed E-state index contributed by atoms with van der Waals surface area (Å²) < 4.78 is 4.65. The highest BCUT2D eigenvalue weighted by Gasteiger charge is 2.04. The van der Waals surface area contributed by atoms with E-state index >= 15 is 0 Å². The van der Waals surface area contributed by atoms with Crippen molar-refractivity contribution >= 4 is 17.6 Å². The van der Waals surface area contributed by atoms with Crippen LogP contribution in [0.2, 0.25) is 5.02 Å². The van der Waals surface area contributed by atoms with Gasteiger partial charge in [-0.25, -0.2) is 4.79 Å². The number of halogens is 1. The molecule has 2 aromatic rings. The van der Waals surface area contributed by atoms with Gasteiger partial charge in [-0.3, -0.25) is 0 Å². The molecule has 92 valence electrons. The lowest BCUT2D eigenvalue weighted by atomic mass is 10.0. The van der Waals surface area contributed by atoms with Crippen molar-refractivity contribution in [1.29, 1.82) is 0 Å². The zero-order valence-corrected chi connectivity index (χ0v) is 10.8. The van der Waals surface area contributed by atoms with Gasteiger partial charge in [-0.05, 0) is 41.8 Å². The number of hydrogen-bond acceptors (Lipinski definition) is 2. The molecule has 2 aromatic carbocycles. The second-order valence-electron chi connectivity index (χ2n) is 3.99. The predicted molar refractivity (Wildman–Crippen MR) is 72.0 cm³/mol. The van der Waals surface area contributed by atoms with E-state index in [1.54, 1.807) is 12.1 Å². The molecule has 0 heterocycles. The number of ether oxygens (including phenoxy) is 1. The minimum Gasteiger partial charge on any atom is -0.465 e. The van der Waals surface area contributed by atoms with Crippen molar-refractivity contribution in [3.8, 4) is 0 Å². The lowest BCUT2D eigenvalue weighted by Gasteiger charge is -2.04. The Morgan fingerprint density at radius 3 is 2.00 bits per heavy atom. The molecule has 0 aliphatic heterocycles. The minimum absolute atomic E-state index is 0.312. The molecule has 0 radical (unpaired) electrons. The number of esters is 1. The first-order chi connectivity index (χ1) is 8.69. The van der Waals surface area contributed by atoms with Crippen molar-refractivity contribution in [1.82, 2.24) is 0 Å². The third-order valence-electron chi connectivity index (χ3n) is 2.70. The minimum atomic E-state index is -0.312. The Labute approximate surface area is 111 Å². The van der Waals surface area contributed by atoms with Gasteiger partial charge in [-0.2, -0.15) is 0 Å². The molecule has 0 amide bonds. The van der Waals surface area contributed by atoms with Crippen LogP contribution in [0.25, 0.3) is 0 Å². The number of carbonyl (C=O) groups excluding carboxylic acids is 1. The summed E-state index contributed by atoms with van der Waals surface area (Å²) in [5, 5.41) is 0.736. The fourth-order valence-corrected chi connectivity index (χ4v) is 1.84. The molecular weight excluding hydrogens is 248 g/mol. The predicted octanol–water partition coefficient (Wildman–Crippen LogP) is 3.72. The highest BCUT2D eigenvalue weighted by atomic mass is 35.5. The van der Waals surface area contributed by atoms with Gasteiger partial charge in [0, 0.05) is 5.02 Å². The Balaban J connectivity index is 2.10. The third-order valence-corrected chi connectivity index (χ3v) is 2.95. The van der Waals surface area contributed by atoms with Crippen molar-refractivity contribution in [2.45, 2.75) is 6.42 Å². The molecule has 0 N–H and O–H groups in total. The van der Waals surface area contributed by atoms with Gasteiger partial charge in [0.05, 0.1) is 12.7 Å². The Morgan fingerprint density at radius 2 is 1.50 bits per heavy atom. The van der Waals surface area contributed by atoms with Crippen LogP contribution < -0.4 is 0 Å². The van der Waals surface area contributed by atoms with E-state index < -0.39 is 0 Å². The fourth-order valence-electron chi connectivity index (χ4n) is 1.71. The Hall–Kier alpha value is -1.80. The van der Waals surface area contributed by atoms with Crippen LogP contribution in [0.15, 0.2) is 48.5 Å². The van der Waals surface area contributed by atoms with Gasteiger partial charge in [0.2, 0.25) is 0 Å². The Morgan fingerprint density at radius 1 is 1.00 bits per heavy atom. The van der Waals surface area contributed by atoms with Crippen LogP contribution in [0.5, 0.6) is 0 Å². The number of benzene rings is 2. The van der Waals surface area contributed by atoms with Crippen LogP contribution in [0.1, 0.15) is 21.5 Å². The Kier molecular flexibility index (Phi) is 4.00. The first-order valence-electron chi connectivity index (χ1n) is 5.61. The van der Waals surface area contributed by atoms with Gasteiger partial charge in [-0.1, -0.05) is 35.9 Å². The van der Waals surface area contributed by atoms with Crippen LogP contribution in [-0.4, -0.2) is 13.1 Å². The number of rotatable bonds is 3. The molecule has 18 heavy (non-hydrogen) atoms. The summed E-state index contributed by atoms with van der Waals surface area (Å²) in [6.07, 6.45) is 0.818. The maximum absolute atomic E-state index is 11.3. The Bertz CT molecular complexity index is 529. The van der Waals surface area contributed by atoms with E-state index in [2.05, 4.69) is 4.74 Å². The average molecular weight is 261 g/mol. The van der Waals surface area contributed by atoms with Gasteiger partial charge in [0.1, 0.15) is 0 Å². The summed E-state index contributed by atoms with van der Waals surface area (Å²) in [7, 11) is 1.38. The second kappa shape index (κ2) is 5.69. The standard InChI is InChI=1S/C15H13ClO2/c1-18-15(17)13-6-2-11(3-7-13)10-12-4-8-14(16)9-5-12/h2-9H,10H2,1H3. The van der Waals surface area contributed by atoms with Crippen LogP contribution in [0.3, 0.4) is 0 Å². The fraction of sp³-hybridized carbons (Fsp3) is 0.133. The van der Waals surface area contributed by atoms with Crippen molar-refractivity contribution < 1.29 is 9.53 Å². The van der Waals surface area contributed by atoms with E-state index in [0.717, 1.165) is 17.0 Å². The summed E-state index contributed by atoms with van der Waals surface area (Å²) in [6.45, 7) is 0. The first-order valence-corrected chi connectivity index (χ1v) is 5.98. The highest BCUT2D eigenvalue weighted by Crippen LogP contribution is 2.14. The van der Waals surface area contributed by atoms with Crippen molar-refractivity contribution in [3.05, 3.63) is 70.2 Å². The first kappa shape index (κ1) is 12.7. The summed E-state index contributed by atoms with van der Waals surface area (Å²) in [6, 6.07) is 15.2. The maximum atomic E-state index is 11.3. The average Bonchev–Trinajstić information content (AvgIpc) is 2.41.